The molecule has 2 aliphatic rings. The first-order valence-electron chi connectivity index (χ1n) is 11.2. The van der Waals surface area contributed by atoms with E-state index in [2.05, 4.69) is 64.7 Å². The van der Waals surface area contributed by atoms with Gasteiger partial charge >= 0.3 is 0 Å². The summed E-state index contributed by atoms with van der Waals surface area (Å²) in [6.45, 7) is 0. The van der Waals surface area contributed by atoms with Crippen molar-refractivity contribution in [3.63, 3.8) is 0 Å². The molecule has 164 valence electrons. The minimum Gasteiger partial charge on any atom is -0.378 e. The molecule has 4 aromatic carbocycles. The fourth-order valence-electron chi connectivity index (χ4n) is 5.19. The van der Waals surface area contributed by atoms with Crippen molar-refractivity contribution in [2.45, 2.75) is 23.3 Å². The maximum Gasteiger partial charge on any atom is 0.261 e. The van der Waals surface area contributed by atoms with E-state index in [4.69, 9.17) is 0 Å². The Morgan fingerprint density at radius 2 is 1.61 bits per heavy atom. The van der Waals surface area contributed by atoms with Crippen LogP contribution in [0.25, 0.3) is 10.8 Å². The van der Waals surface area contributed by atoms with Crippen LogP contribution in [0.1, 0.15) is 29.5 Å². The molecule has 0 aromatic heterocycles. The third-order valence-corrected chi connectivity index (χ3v) is 8.18. The third-order valence-electron chi connectivity index (χ3n) is 6.80. The standard InChI is InChI=1S/C28H24N2O2S/c31-33(32,30-22-9-2-1-3-10-22)23-15-16-27-26(18-23)24-11-6-12-25(24)28(29-27)21-14-13-19-7-4-5-8-20(19)17-21/h1-11,13-18,24-25,28-30H,12H2. The van der Waals surface area contributed by atoms with Gasteiger partial charge in [-0.15, -0.1) is 0 Å². The lowest BCUT2D eigenvalue weighted by molar-refractivity contribution is 0.425. The zero-order valence-corrected chi connectivity index (χ0v) is 18.8. The second-order valence-electron chi connectivity index (χ2n) is 8.80. The van der Waals surface area contributed by atoms with Crippen LogP contribution in [-0.2, 0) is 10.0 Å². The second kappa shape index (κ2) is 7.78. The van der Waals surface area contributed by atoms with Gasteiger partial charge in [0.2, 0.25) is 0 Å². The maximum absolute atomic E-state index is 13.0. The van der Waals surface area contributed by atoms with Crippen LogP contribution in [0, 0.1) is 5.92 Å². The Bertz CT molecular complexity index is 1480. The van der Waals surface area contributed by atoms with E-state index in [-0.39, 0.29) is 16.9 Å². The molecule has 0 radical (unpaired) electrons. The van der Waals surface area contributed by atoms with Crippen molar-refractivity contribution in [3.8, 4) is 0 Å². The van der Waals surface area contributed by atoms with E-state index >= 15 is 0 Å². The van der Waals surface area contributed by atoms with Crippen LogP contribution in [0.5, 0.6) is 0 Å². The number of fused-ring (bicyclic) bond motifs is 4. The normalized spacial score (nSPS) is 21.3. The van der Waals surface area contributed by atoms with Gasteiger partial charge in [0.05, 0.1) is 10.9 Å². The Balaban J connectivity index is 1.36. The van der Waals surface area contributed by atoms with E-state index in [0.717, 1.165) is 17.7 Å². The molecule has 6 rings (SSSR count). The molecule has 0 saturated heterocycles. The highest BCUT2D eigenvalue weighted by atomic mass is 32.2. The molecular weight excluding hydrogens is 428 g/mol. The quantitative estimate of drug-likeness (QED) is 0.349. The Morgan fingerprint density at radius 1 is 0.818 bits per heavy atom. The Kier molecular flexibility index (Phi) is 4.73. The molecule has 4 nitrogen and oxygen atoms in total. The summed E-state index contributed by atoms with van der Waals surface area (Å²) in [6, 6.07) is 29.7. The monoisotopic (exact) mass is 452 g/mol. The highest BCUT2D eigenvalue weighted by Gasteiger charge is 2.38. The second-order valence-corrected chi connectivity index (χ2v) is 10.5. The van der Waals surface area contributed by atoms with Gasteiger partial charge < -0.3 is 5.32 Å². The number of hydrogen-bond acceptors (Lipinski definition) is 3. The molecule has 1 aliphatic carbocycles. The van der Waals surface area contributed by atoms with Gasteiger partial charge in [-0.2, -0.15) is 0 Å². The molecule has 3 unspecified atom stereocenters. The molecule has 0 saturated carbocycles. The van der Waals surface area contributed by atoms with E-state index in [9.17, 15) is 8.42 Å². The van der Waals surface area contributed by atoms with E-state index in [1.807, 2.05) is 30.3 Å². The molecule has 0 bridgehead atoms. The van der Waals surface area contributed by atoms with Crippen LogP contribution in [-0.4, -0.2) is 8.42 Å². The van der Waals surface area contributed by atoms with Crippen molar-refractivity contribution >= 4 is 32.2 Å². The third kappa shape index (κ3) is 3.58. The SMILES string of the molecule is O=S(=O)(Nc1ccccc1)c1ccc2c(c1)C1C=CCC1C(c1ccc3ccccc3c1)N2. The molecule has 1 heterocycles. The Morgan fingerprint density at radius 3 is 2.45 bits per heavy atom. The maximum atomic E-state index is 13.0. The molecule has 3 atom stereocenters. The number of rotatable bonds is 4. The zero-order chi connectivity index (χ0) is 22.4. The first kappa shape index (κ1) is 20.1. The molecule has 0 fully saturated rings. The van der Waals surface area contributed by atoms with Gasteiger partial charge in [0, 0.05) is 17.3 Å². The molecule has 2 N–H and O–H groups in total. The minimum absolute atomic E-state index is 0.173. The molecule has 4 aromatic rings. The molecule has 1 aliphatic heterocycles. The fourth-order valence-corrected chi connectivity index (χ4v) is 6.28. The van der Waals surface area contributed by atoms with E-state index in [1.165, 1.54) is 16.3 Å². The van der Waals surface area contributed by atoms with E-state index < -0.39 is 10.0 Å². The van der Waals surface area contributed by atoms with Crippen molar-refractivity contribution in [3.05, 3.63) is 114 Å². The summed E-state index contributed by atoms with van der Waals surface area (Å²) >= 11 is 0. The van der Waals surface area contributed by atoms with Crippen molar-refractivity contribution < 1.29 is 8.42 Å². The van der Waals surface area contributed by atoms with Crippen molar-refractivity contribution in [1.29, 1.82) is 0 Å². The van der Waals surface area contributed by atoms with Crippen molar-refractivity contribution in [2.24, 2.45) is 5.92 Å². The molecule has 0 spiro atoms. The number of para-hydroxylation sites is 1. The van der Waals surface area contributed by atoms with Gasteiger partial charge in [-0.05, 0) is 70.6 Å². The summed E-state index contributed by atoms with van der Waals surface area (Å²) in [5.41, 5.74) is 3.87. The number of benzene rings is 4. The Labute approximate surface area is 194 Å². The smallest absolute Gasteiger partial charge is 0.261 e. The predicted octanol–water partition coefficient (Wildman–Crippen LogP) is 6.47. The van der Waals surface area contributed by atoms with E-state index in [1.54, 1.807) is 18.2 Å². The number of sulfonamides is 1. The summed E-state index contributed by atoms with van der Waals surface area (Å²) in [6.07, 6.45) is 5.43. The number of nitrogens with one attached hydrogen (secondary N) is 2. The topological polar surface area (TPSA) is 58.2 Å². The van der Waals surface area contributed by atoms with E-state index in [0.29, 0.717) is 11.6 Å². The van der Waals surface area contributed by atoms with Gasteiger partial charge in [0.1, 0.15) is 0 Å². The van der Waals surface area contributed by atoms with Crippen LogP contribution in [0.3, 0.4) is 0 Å². The molecule has 5 heteroatoms. The highest BCUT2D eigenvalue weighted by Crippen LogP contribution is 2.50. The van der Waals surface area contributed by atoms with Crippen molar-refractivity contribution in [1.82, 2.24) is 0 Å². The van der Waals surface area contributed by atoms with Crippen molar-refractivity contribution in [2.75, 3.05) is 10.0 Å². The lowest BCUT2D eigenvalue weighted by Gasteiger charge is -2.37. The van der Waals surface area contributed by atoms with Crippen LogP contribution in [0.2, 0.25) is 0 Å². The molecule has 33 heavy (non-hydrogen) atoms. The zero-order valence-electron chi connectivity index (χ0n) is 18.0. The summed E-state index contributed by atoms with van der Waals surface area (Å²) in [5, 5.41) is 6.19. The van der Waals surface area contributed by atoms with Crippen LogP contribution in [0.4, 0.5) is 11.4 Å². The van der Waals surface area contributed by atoms with Gasteiger partial charge in [-0.3, -0.25) is 4.72 Å². The van der Waals surface area contributed by atoms with Gasteiger partial charge in [-0.25, -0.2) is 8.42 Å². The first-order chi connectivity index (χ1) is 16.1. The summed E-state index contributed by atoms with van der Waals surface area (Å²) in [5.74, 6) is 0.531. The molecule has 0 amide bonds. The van der Waals surface area contributed by atoms with Crippen LogP contribution >= 0.6 is 0 Å². The number of allylic oxidation sites excluding steroid dienone is 2. The largest absolute Gasteiger partial charge is 0.378 e. The fraction of sp³-hybridized carbons (Fsp3) is 0.143. The van der Waals surface area contributed by atoms with Gasteiger partial charge in [-0.1, -0.05) is 66.7 Å². The van der Waals surface area contributed by atoms with Gasteiger partial charge in [0.15, 0.2) is 0 Å². The summed E-state index contributed by atoms with van der Waals surface area (Å²) in [7, 11) is -3.67. The summed E-state index contributed by atoms with van der Waals surface area (Å²) in [4.78, 5) is 0.287. The lowest BCUT2D eigenvalue weighted by atomic mass is 9.77. The Hall–Kier alpha value is -3.57. The van der Waals surface area contributed by atoms with Gasteiger partial charge in [0.25, 0.3) is 10.0 Å². The number of hydrogen-bond donors (Lipinski definition) is 2. The average Bonchev–Trinajstić information content (AvgIpc) is 3.34. The van der Waals surface area contributed by atoms with Crippen LogP contribution < -0.4 is 10.0 Å². The lowest BCUT2D eigenvalue weighted by Crippen LogP contribution is -2.29. The summed E-state index contributed by atoms with van der Waals surface area (Å²) < 4.78 is 28.8. The minimum atomic E-state index is -3.67. The van der Waals surface area contributed by atoms with Crippen LogP contribution in [0.15, 0.2) is 108 Å². The predicted molar refractivity (Wildman–Crippen MR) is 134 cm³/mol. The highest BCUT2D eigenvalue weighted by molar-refractivity contribution is 7.92. The number of anilines is 2. The molecular formula is C28H24N2O2S. The average molecular weight is 453 g/mol. The first-order valence-corrected chi connectivity index (χ1v) is 12.7.